The van der Waals surface area contributed by atoms with E-state index < -0.39 is 41.4 Å². The van der Waals surface area contributed by atoms with Crippen molar-refractivity contribution in [3.63, 3.8) is 0 Å². The Hall–Kier alpha value is -3.10. The van der Waals surface area contributed by atoms with Crippen molar-refractivity contribution >= 4 is 0 Å². The highest BCUT2D eigenvalue weighted by molar-refractivity contribution is 5.85. The molecule has 176 valence electrons. The molecule has 1 unspecified atom stereocenters. The summed E-state index contributed by atoms with van der Waals surface area (Å²) in [6.45, 7) is 1.97. The van der Waals surface area contributed by atoms with Gasteiger partial charge in [0.25, 0.3) is 6.17 Å². The molecule has 0 aliphatic carbocycles. The van der Waals surface area contributed by atoms with E-state index in [2.05, 4.69) is 4.74 Å². The predicted molar refractivity (Wildman–Crippen MR) is 108 cm³/mol. The molecule has 3 aromatic rings. The SMILES string of the molecule is CCCc1ccc(-c2cc(OC(F)(F)C(F)C(F)(F)F)ccc2-c2c(F)cccc2F)cc1. The largest absolute Gasteiger partial charge is 0.439 e. The van der Waals surface area contributed by atoms with E-state index in [1.807, 2.05) is 6.92 Å². The summed E-state index contributed by atoms with van der Waals surface area (Å²) < 4.78 is 111. The molecule has 0 saturated heterocycles. The highest BCUT2D eigenvalue weighted by Gasteiger charge is 2.59. The van der Waals surface area contributed by atoms with E-state index in [1.165, 1.54) is 0 Å². The van der Waals surface area contributed by atoms with E-state index in [0.717, 1.165) is 54.8 Å². The van der Waals surface area contributed by atoms with Gasteiger partial charge in [-0.15, -0.1) is 0 Å². The van der Waals surface area contributed by atoms with Gasteiger partial charge in [0.05, 0.1) is 5.56 Å². The lowest BCUT2D eigenvalue weighted by molar-refractivity contribution is -0.304. The van der Waals surface area contributed by atoms with Crippen LogP contribution in [0.4, 0.5) is 35.1 Å². The average Bonchev–Trinajstić information content (AvgIpc) is 2.74. The lowest BCUT2D eigenvalue weighted by Gasteiger charge is -2.24. The van der Waals surface area contributed by atoms with E-state index in [1.54, 1.807) is 24.3 Å². The molecule has 0 aromatic heterocycles. The van der Waals surface area contributed by atoms with E-state index in [9.17, 15) is 35.1 Å². The van der Waals surface area contributed by atoms with Gasteiger partial charge in [0, 0.05) is 0 Å². The van der Waals surface area contributed by atoms with Crippen LogP contribution in [0.5, 0.6) is 5.75 Å². The van der Waals surface area contributed by atoms with Crippen molar-refractivity contribution in [2.24, 2.45) is 0 Å². The molecule has 0 bridgehead atoms. The monoisotopic (exact) mass is 474 g/mol. The molecular formula is C24H18F8O. The third-order valence-electron chi connectivity index (χ3n) is 4.86. The molecule has 3 rings (SSSR count). The first kappa shape index (κ1) is 24.5. The molecule has 0 heterocycles. The quantitative estimate of drug-likeness (QED) is 0.314. The Morgan fingerprint density at radius 3 is 1.97 bits per heavy atom. The number of hydrogen-bond donors (Lipinski definition) is 0. The lowest BCUT2D eigenvalue weighted by Crippen LogP contribution is -2.45. The minimum atomic E-state index is -5.85. The van der Waals surface area contributed by atoms with Gasteiger partial charge in [-0.2, -0.15) is 22.0 Å². The number of ether oxygens (including phenoxy) is 1. The van der Waals surface area contributed by atoms with Gasteiger partial charge in [0.1, 0.15) is 17.4 Å². The first-order valence-electron chi connectivity index (χ1n) is 9.89. The van der Waals surface area contributed by atoms with Crippen LogP contribution in [0.2, 0.25) is 0 Å². The van der Waals surface area contributed by atoms with Crippen LogP contribution in [0, 0.1) is 11.6 Å². The van der Waals surface area contributed by atoms with Gasteiger partial charge in [0.2, 0.25) is 0 Å². The molecule has 0 radical (unpaired) electrons. The highest BCUT2D eigenvalue weighted by atomic mass is 19.4. The lowest BCUT2D eigenvalue weighted by atomic mass is 9.93. The maximum absolute atomic E-state index is 14.4. The summed E-state index contributed by atoms with van der Waals surface area (Å²) >= 11 is 0. The van der Waals surface area contributed by atoms with Crippen molar-refractivity contribution in [3.05, 3.63) is 77.9 Å². The van der Waals surface area contributed by atoms with Crippen LogP contribution in [0.3, 0.4) is 0 Å². The van der Waals surface area contributed by atoms with Crippen molar-refractivity contribution in [2.45, 2.75) is 38.2 Å². The Labute approximate surface area is 184 Å². The van der Waals surface area contributed by atoms with Crippen LogP contribution in [0.1, 0.15) is 18.9 Å². The maximum atomic E-state index is 14.4. The summed E-state index contributed by atoms with van der Waals surface area (Å²) in [5.41, 5.74) is 0.801. The number of halogens is 8. The van der Waals surface area contributed by atoms with Crippen molar-refractivity contribution in [2.75, 3.05) is 0 Å². The summed E-state index contributed by atoms with van der Waals surface area (Å²) in [5.74, 6) is -2.67. The first-order valence-corrected chi connectivity index (χ1v) is 9.89. The molecule has 0 spiro atoms. The fraction of sp³-hybridized carbons (Fsp3) is 0.250. The number of alkyl halides is 6. The molecule has 9 heteroatoms. The van der Waals surface area contributed by atoms with Crippen molar-refractivity contribution in [3.8, 4) is 28.0 Å². The second-order valence-electron chi connectivity index (χ2n) is 7.32. The van der Waals surface area contributed by atoms with Gasteiger partial charge < -0.3 is 4.74 Å². The Balaban J connectivity index is 2.12. The van der Waals surface area contributed by atoms with Crippen LogP contribution in [0.15, 0.2) is 60.7 Å². The second-order valence-corrected chi connectivity index (χ2v) is 7.32. The normalized spacial score (nSPS) is 13.1. The minimum absolute atomic E-state index is 0.0118. The van der Waals surface area contributed by atoms with E-state index in [0.29, 0.717) is 5.56 Å². The molecule has 0 aliphatic heterocycles. The molecule has 1 atom stereocenters. The van der Waals surface area contributed by atoms with E-state index in [-0.39, 0.29) is 11.1 Å². The zero-order valence-corrected chi connectivity index (χ0v) is 17.2. The molecular weight excluding hydrogens is 456 g/mol. The molecule has 0 fully saturated rings. The Morgan fingerprint density at radius 2 is 1.42 bits per heavy atom. The van der Waals surface area contributed by atoms with Crippen molar-refractivity contribution in [1.82, 2.24) is 0 Å². The third-order valence-corrected chi connectivity index (χ3v) is 4.86. The van der Waals surface area contributed by atoms with Crippen LogP contribution in [0.25, 0.3) is 22.3 Å². The van der Waals surface area contributed by atoms with Gasteiger partial charge in [0.15, 0.2) is 0 Å². The summed E-state index contributed by atoms with van der Waals surface area (Å²) in [6, 6.07) is 12.5. The summed E-state index contributed by atoms with van der Waals surface area (Å²) in [4.78, 5) is 0. The van der Waals surface area contributed by atoms with Crippen LogP contribution >= 0.6 is 0 Å². The third kappa shape index (κ3) is 5.46. The maximum Gasteiger partial charge on any atom is 0.439 e. The van der Waals surface area contributed by atoms with Gasteiger partial charge in [-0.25, -0.2) is 13.2 Å². The average molecular weight is 474 g/mol. The van der Waals surface area contributed by atoms with Crippen LogP contribution in [-0.4, -0.2) is 18.5 Å². The molecule has 1 nitrogen and oxygen atoms in total. The van der Waals surface area contributed by atoms with Gasteiger partial charge >= 0.3 is 12.3 Å². The fourth-order valence-corrected chi connectivity index (χ4v) is 3.34. The van der Waals surface area contributed by atoms with E-state index >= 15 is 0 Å². The van der Waals surface area contributed by atoms with Gasteiger partial charge in [-0.1, -0.05) is 43.7 Å². The van der Waals surface area contributed by atoms with Crippen LogP contribution in [-0.2, 0) is 6.42 Å². The smallest absolute Gasteiger partial charge is 0.430 e. The summed E-state index contributed by atoms with van der Waals surface area (Å²) in [5, 5.41) is 0. The van der Waals surface area contributed by atoms with Crippen molar-refractivity contribution < 1.29 is 39.9 Å². The topological polar surface area (TPSA) is 9.23 Å². The molecule has 33 heavy (non-hydrogen) atoms. The number of benzene rings is 3. The second kappa shape index (κ2) is 9.41. The summed E-state index contributed by atoms with van der Waals surface area (Å²) in [6.07, 6.45) is -14.0. The Bertz CT molecular complexity index is 1090. The number of aryl methyl sites for hydroxylation is 1. The number of hydrogen-bond acceptors (Lipinski definition) is 1. The van der Waals surface area contributed by atoms with Crippen LogP contribution < -0.4 is 4.74 Å². The molecule has 0 amide bonds. The fourth-order valence-electron chi connectivity index (χ4n) is 3.34. The van der Waals surface area contributed by atoms with Gasteiger partial charge in [-0.05, 0) is 59.0 Å². The molecule has 0 saturated carbocycles. The summed E-state index contributed by atoms with van der Waals surface area (Å²) in [7, 11) is 0. The predicted octanol–water partition coefficient (Wildman–Crippen LogP) is 8.12. The van der Waals surface area contributed by atoms with Crippen molar-refractivity contribution in [1.29, 1.82) is 0 Å². The Kier molecular flexibility index (Phi) is 7.00. The molecule has 0 N–H and O–H groups in total. The standard InChI is InChI=1S/C24H18F8O/c1-2-4-14-7-9-15(10-8-14)18-13-16(33-24(31,32)22(27)23(28,29)30)11-12-17(18)21-19(25)5-3-6-20(21)26/h3,5-13,22H,2,4H2,1H3. The molecule has 0 aliphatic rings. The Morgan fingerprint density at radius 1 is 0.818 bits per heavy atom. The zero-order valence-electron chi connectivity index (χ0n) is 17.2. The van der Waals surface area contributed by atoms with Gasteiger partial charge in [-0.3, -0.25) is 0 Å². The minimum Gasteiger partial charge on any atom is -0.430 e. The first-order chi connectivity index (χ1) is 15.4. The number of rotatable bonds is 7. The molecule has 3 aromatic carbocycles. The van der Waals surface area contributed by atoms with E-state index in [4.69, 9.17) is 0 Å². The zero-order chi connectivity index (χ0) is 24.4. The highest BCUT2D eigenvalue weighted by Crippen LogP contribution is 2.41.